The van der Waals surface area contributed by atoms with E-state index >= 15 is 0 Å². The fraction of sp³-hybridized carbons (Fsp3) is 0.600. The number of amides is 2. The molecule has 0 aliphatic carbocycles. The van der Waals surface area contributed by atoms with Crippen LogP contribution < -0.4 is 10.6 Å². The van der Waals surface area contributed by atoms with Crippen LogP contribution in [0.1, 0.15) is 54.2 Å². The Morgan fingerprint density at radius 3 is 2.55 bits per heavy atom. The number of hydrogen-bond donors (Lipinski definition) is 2. The van der Waals surface area contributed by atoms with E-state index in [1.165, 1.54) is 10.4 Å². The summed E-state index contributed by atoms with van der Waals surface area (Å²) in [7, 11) is 0. The van der Waals surface area contributed by atoms with E-state index in [4.69, 9.17) is 0 Å². The quantitative estimate of drug-likeness (QED) is 0.812. The summed E-state index contributed by atoms with van der Waals surface area (Å²) in [6, 6.07) is 1.44. The fourth-order valence-electron chi connectivity index (χ4n) is 1.98. The monoisotopic (exact) mass is 296 g/mol. The molecular weight excluding hydrogens is 272 g/mol. The molecular formula is C15H24N2O2S. The number of hydrogen-bond acceptors (Lipinski definition) is 3. The summed E-state index contributed by atoms with van der Waals surface area (Å²) < 4.78 is 0. The normalized spacial score (nSPS) is 12.0. The zero-order valence-corrected chi connectivity index (χ0v) is 13.5. The molecule has 0 aromatic carbocycles. The zero-order chi connectivity index (χ0) is 15.1. The molecule has 0 fully saturated rings. The van der Waals surface area contributed by atoms with Gasteiger partial charge in [0.1, 0.15) is 6.04 Å². The number of likely N-dealkylation sites (N-methyl/N-ethyl adjacent to an activating group) is 1. The number of aryl methyl sites for hydroxylation is 2. The molecule has 5 heteroatoms. The Morgan fingerprint density at radius 1 is 1.30 bits per heavy atom. The van der Waals surface area contributed by atoms with Crippen molar-refractivity contribution in [3.05, 3.63) is 21.4 Å². The summed E-state index contributed by atoms with van der Waals surface area (Å²) >= 11 is 1.54. The molecule has 0 aliphatic heterocycles. The van der Waals surface area contributed by atoms with Gasteiger partial charge in [-0.15, -0.1) is 11.3 Å². The lowest BCUT2D eigenvalue weighted by molar-refractivity contribution is -0.122. The molecule has 112 valence electrons. The molecule has 0 radical (unpaired) electrons. The molecule has 2 amide bonds. The molecule has 2 N–H and O–H groups in total. The summed E-state index contributed by atoms with van der Waals surface area (Å²) in [4.78, 5) is 25.8. The second-order valence-electron chi connectivity index (χ2n) is 4.75. The van der Waals surface area contributed by atoms with Gasteiger partial charge in [0.05, 0.1) is 4.88 Å². The molecule has 1 heterocycles. The Morgan fingerprint density at radius 2 is 2.00 bits per heavy atom. The zero-order valence-electron chi connectivity index (χ0n) is 12.7. The van der Waals surface area contributed by atoms with Crippen LogP contribution in [-0.2, 0) is 17.6 Å². The van der Waals surface area contributed by atoms with E-state index in [-0.39, 0.29) is 11.8 Å². The number of nitrogens with one attached hydrogen (secondary N) is 2. The minimum absolute atomic E-state index is 0.151. The van der Waals surface area contributed by atoms with Gasteiger partial charge in [-0.3, -0.25) is 9.59 Å². The first-order valence-corrected chi connectivity index (χ1v) is 8.05. The molecule has 1 aromatic rings. The van der Waals surface area contributed by atoms with Crippen molar-refractivity contribution in [3.63, 3.8) is 0 Å². The number of rotatable bonds is 7. The first-order valence-electron chi connectivity index (χ1n) is 7.23. The minimum Gasteiger partial charge on any atom is -0.355 e. The first kappa shape index (κ1) is 16.7. The van der Waals surface area contributed by atoms with E-state index in [1.807, 2.05) is 13.0 Å². The van der Waals surface area contributed by atoms with Crippen molar-refractivity contribution in [3.8, 4) is 0 Å². The predicted octanol–water partition coefficient (Wildman–Crippen LogP) is 2.52. The minimum atomic E-state index is -0.510. The standard InChI is InChI=1S/C15H24N2O2S/c1-5-8-12-11(6-2)9-13(20-12)15(19)17-10(4)14(18)16-7-3/h9-10H,5-8H2,1-4H3,(H,16,18)(H,17,19)/t10-/m1/s1. The van der Waals surface area contributed by atoms with Crippen LogP contribution in [0.5, 0.6) is 0 Å². The lowest BCUT2D eigenvalue weighted by Crippen LogP contribution is -2.44. The Kier molecular flexibility index (Phi) is 6.71. The van der Waals surface area contributed by atoms with Crippen LogP contribution in [0.4, 0.5) is 0 Å². The molecule has 4 nitrogen and oxygen atoms in total. The average Bonchev–Trinajstić information content (AvgIpc) is 2.82. The third-order valence-electron chi connectivity index (χ3n) is 3.07. The molecule has 0 unspecified atom stereocenters. The predicted molar refractivity (Wildman–Crippen MR) is 83.3 cm³/mol. The smallest absolute Gasteiger partial charge is 0.262 e. The van der Waals surface area contributed by atoms with Gasteiger partial charge in [0, 0.05) is 11.4 Å². The second kappa shape index (κ2) is 8.04. The van der Waals surface area contributed by atoms with Gasteiger partial charge >= 0.3 is 0 Å². The van der Waals surface area contributed by atoms with Gasteiger partial charge in [-0.2, -0.15) is 0 Å². The highest BCUT2D eigenvalue weighted by atomic mass is 32.1. The van der Waals surface area contributed by atoms with Crippen molar-refractivity contribution in [2.24, 2.45) is 0 Å². The second-order valence-corrected chi connectivity index (χ2v) is 5.89. The third kappa shape index (κ3) is 4.34. The van der Waals surface area contributed by atoms with Crippen LogP contribution in [0.15, 0.2) is 6.07 Å². The maximum absolute atomic E-state index is 12.2. The molecule has 0 aliphatic rings. The molecule has 1 rings (SSSR count). The van der Waals surface area contributed by atoms with Gasteiger partial charge in [0.15, 0.2) is 0 Å². The number of carbonyl (C=O) groups is 2. The van der Waals surface area contributed by atoms with Gasteiger partial charge in [-0.25, -0.2) is 0 Å². The lowest BCUT2D eigenvalue weighted by atomic mass is 10.1. The Labute approximate surface area is 125 Å². The highest BCUT2D eigenvalue weighted by molar-refractivity contribution is 7.14. The third-order valence-corrected chi connectivity index (χ3v) is 4.31. The van der Waals surface area contributed by atoms with Crippen molar-refractivity contribution < 1.29 is 9.59 Å². The van der Waals surface area contributed by atoms with Crippen LogP contribution in [0.3, 0.4) is 0 Å². The fourth-order valence-corrected chi connectivity index (χ4v) is 3.24. The van der Waals surface area contributed by atoms with Crippen molar-refractivity contribution in [2.45, 2.75) is 53.0 Å². The highest BCUT2D eigenvalue weighted by Gasteiger charge is 2.18. The number of thiophene rings is 1. The van der Waals surface area contributed by atoms with Gasteiger partial charge < -0.3 is 10.6 Å². The Bertz CT molecular complexity index is 468. The van der Waals surface area contributed by atoms with Gasteiger partial charge in [0.2, 0.25) is 5.91 Å². The van der Waals surface area contributed by atoms with Gasteiger partial charge in [-0.05, 0) is 38.3 Å². The van der Waals surface area contributed by atoms with Crippen molar-refractivity contribution >= 4 is 23.2 Å². The van der Waals surface area contributed by atoms with E-state index in [2.05, 4.69) is 24.5 Å². The molecule has 0 saturated carbocycles. The maximum atomic E-state index is 12.2. The largest absolute Gasteiger partial charge is 0.355 e. The van der Waals surface area contributed by atoms with E-state index in [1.54, 1.807) is 18.3 Å². The van der Waals surface area contributed by atoms with Crippen molar-refractivity contribution in [2.75, 3.05) is 6.54 Å². The summed E-state index contributed by atoms with van der Waals surface area (Å²) in [6.45, 7) is 8.36. The molecule has 1 atom stereocenters. The van der Waals surface area contributed by atoms with Crippen LogP contribution >= 0.6 is 11.3 Å². The molecule has 20 heavy (non-hydrogen) atoms. The molecule has 1 aromatic heterocycles. The van der Waals surface area contributed by atoms with Crippen LogP contribution in [-0.4, -0.2) is 24.4 Å². The summed E-state index contributed by atoms with van der Waals surface area (Å²) in [5, 5.41) is 5.45. The van der Waals surface area contributed by atoms with E-state index in [9.17, 15) is 9.59 Å². The Balaban J connectivity index is 2.74. The van der Waals surface area contributed by atoms with Gasteiger partial charge in [-0.1, -0.05) is 20.3 Å². The van der Waals surface area contributed by atoms with Crippen molar-refractivity contribution in [1.29, 1.82) is 0 Å². The van der Waals surface area contributed by atoms with E-state index < -0.39 is 6.04 Å². The van der Waals surface area contributed by atoms with Crippen molar-refractivity contribution in [1.82, 2.24) is 10.6 Å². The topological polar surface area (TPSA) is 58.2 Å². The summed E-state index contributed by atoms with van der Waals surface area (Å²) in [5.41, 5.74) is 1.24. The summed E-state index contributed by atoms with van der Waals surface area (Å²) in [6.07, 6.45) is 3.02. The first-order chi connectivity index (χ1) is 9.53. The van der Waals surface area contributed by atoms with E-state index in [0.29, 0.717) is 11.4 Å². The van der Waals surface area contributed by atoms with Crippen LogP contribution in [0.25, 0.3) is 0 Å². The average molecular weight is 296 g/mol. The van der Waals surface area contributed by atoms with E-state index in [0.717, 1.165) is 19.3 Å². The maximum Gasteiger partial charge on any atom is 0.262 e. The lowest BCUT2D eigenvalue weighted by Gasteiger charge is -2.12. The Hall–Kier alpha value is -1.36. The van der Waals surface area contributed by atoms with Crippen LogP contribution in [0.2, 0.25) is 0 Å². The highest BCUT2D eigenvalue weighted by Crippen LogP contribution is 2.24. The summed E-state index contributed by atoms with van der Waals surface area (Å²) in [5.74, 6) is -0.312. The van der Waals surface area contributed by atoms with Gasteiger partial charge in [0.25, 0.3) is 5.91 Å². The molecule has 0 saturated heterocycles. The van der Waals surface area contributed by atoms with Crippen LogP contribution in [0, 0.1) is 0 Å². The molecule has 0 spiro atoms. The number of carbonyl (C=O) groups excluding carboxylic acids is 2. The SMILES string of the molecule is CCCc1sc(C(=O)N[C@H](C)C(=O)NCC)cc1CC. The molecule has 0 bridgehead atoms.